The van der Waals surface area contributed by atoms with Crippen molar-refractivity contribution in [1.82, 2.24) is 9.80 Å². The van der Waals surface area contributed by atoms with Crippen LogP contribution in [0.5, 0.6) is 5.75 Å². The molecule has 5 aromatic carbocycles. The molecule has 292 valence electrons. The molecule has 5 aromatic rings. The number of aryl methyl sites for hydroxylation is 1. The number of hydrogen-bond acceptors (Lipinski definition) is 3. The van der Waals surface area contributed by atoms with E-state index in [1.807, 2.05) is 0 Å². The molecule has 1 aliphatic rings. The summed E-state index contributed by atoms with van der Waals surface area (Å²) in [4.78, 5) is 5.21. The van der Waals surface area contributed by atoms with Gasteiger partial charge in [0.2, 0.25) is 0 Å². The summed E-state index contributed by atoms with van der Waals surface area (Å²) in [7, 11) is -2.21. The van der Waals surface area contributed by atoms with Gasteiger partial charge in [0.1, 0.15) is 0 Å². The van der Waals surface area contributed by atoms with Gasteiger partial charge in [-0.3, -0.25) is 9.80 Å². The Morgan fingerprint density at radius 3 is 1.64 bits per heavy atom. The molecule has 0 aliphatic carbocycles. The minimum absolute atomic E-state index is 0. The third kappa shape index (κ3) is 12.5. The average molecular weight is 793 g/mol. The molecule has 1 fully saturated rings. The zero-order valence-corrected chi connectivity index (χ0v) is 39.0. The Hall–Kier alpha value is -3.02. The van der Waals surface area contributed by atoms with E-state index in [9.17, 15) is 0 Å². The van der Waals surface area contributed by atoms with Crippen molar-refractivity contribution in [2.24, 2.45) is 0 Å². The molecule has 0 aromatic heterocycles. The molecule has 6 rings (SSSR count). The Morgan fingerprint density at radius 2 is 1.20 bits per heavy atom. The molecule has 0 saturated carbocycles. The molecule has 0 radical (unpaired) electrons. The summed E-state index contributed by atoms with van der Waals surface area (Å²) in [6, 6.07) is 47.3. The number of benzene rings is 5. The first-order valence-electron chi connectivity index (χ1n) is 20.5. The fourth-order valence-electron chi connectivity index (χ4n) is 8.60. The standard InChI is InChI=1S/C43H48N2O.C6H18NSi2.Mg/c1-3-4-27-45-28-17-26-40(45)33-44(31-35-18-9-5-10-19-35)32-36-29-34(2)30-41(42(36)46)43(37-20-11-6-12-21-37,38-22-13-7-14-23-38)39-24-15-8-16-25-39;1-8(2,3)7-9(4,5)6;/h5-16,18-25,29-30,40,46H,3-4,17,26-28,31-33H2,1-2H3;1-6H3;/q;-1;+2/p-1/t40-;;/m0../s1. The van der Waals surface area contributed by atoms with Crippen LogP contribution in [0.3, 0.4) is 0 Å². The zero-order chi connectivity index (χ0) is 39.5. The summed E-state index contributed by atoms with van der Waals surface area (Å²) in [5, 5.41) is 15.1. The number of nitrogens with zero attached hydrogens (tertiary/aromatic N) is 3. The van der Waals surface area contributed by atoms with Crippen LogP contribution in [0.2, 0.25) is 39.3 Å². The smallest absolute Gasteiger partial charge is 0.872 e. The van der Waals surface area contributed by atoms with Crippen molar-refractivity contribution in [3.8, 4) is 5.75 Å². The van der Waals surface area contributed by atoms with Gasteiger partial charge in [-0.05, 0) is 72.7 Å². The maximum Gasteiger partial charge on any atom is 2.00 e. The van der Waals surface area contributed by atoms with E-state index < -0.39 is 21.9 Å². The number of unbranched alkanes of at least 4 members (excludes halogenated alkanes) is 1. The number of rotatable bonds is 15. The van der Waals surface area contributed by atoms with Crippen LogP contribution in [-0.2, 0) is 18.5 Å². The van der Waals surface area contributed by atoms with Gasteiger partial charge in [0.05, 0.1) is 5.41 Å². The quantitative estimate of drug-likeness (QED) is 0.0783. The van der Waals surface area contributed by atoms with E-state index in [0.717, 1.165) is 53.0 Å². The molecule has 1 aliphatic heterocycles. The molecular formula is C49H65MgN3OSi2. The topological polar surface area (TPSA) is 43.6 Å². The van der Waals surface area contributed by atoms with Crippen molar-refractivity contribution in [2.75, 3.05) is 19.6 Å². The molecule has 0 N–H and O–H groups in total. The summed E-state index contributed by atoms with van der Waals surface area (Å²) in [5.74, 6) is 0.134. The molecule has 7 heteroatoms. The molecule has 1 saturated heterocycles. The molecule has 1 atom stereocenters. The third-order valence-corrected chi connectivity index (χ3v) is 15.8. The molecule has 4 nitrogen and oxygen atoms in total. The van der Waals surface area contributed by atoms with E-state index >= 15 is 5.11 Å². The van der Waals surface area contributed by atoms with Gasteiger partial charge in [0, 0.05) is 25.7 Å². The minimum atomic E-state index is -1.11. The fraction of sp³-hybridized carbons (Fsp3) is 0.388. The van der Waals surface area contributed by atoms with Gasteiger partial charge < -0.3 is 9.75 Å². The van der Waals surface area contributed by atoms with Gasteiger partial charge in [-0.2, -0.15) is 0 Å². The molecule has 0 bridgehead atoms. The third-order valence-electron chi connectivity index (χ3n) is 10.4. The Balaban J connectivity index is 0.000000622. The SMILES string of the molecule is CCCCN1CCC[C@H]1CN(Cc1ccccc1)Cc1cc(C)cc(C(c2ccccc2)(c2ccccc2)c2ccccc2)c1[O-].C[Si](C)(C)[N-][Si](C)(C)C.[Mg+2]. The van der Waals surface area contributed by atoms with Crippen molar-refractivity contribution in [2.45, 2.75) is 103 Å². The van der Waals surface area contributed by atoms with E-state index in [2.05, 4.69) is 196 Å². The van der Waals surface area contributed by atoms with Crippen molar-refractivity contribution in [3.05, 3.63) is 177 Å². The van der Waals surface area contributed by atoms with Gasteiger partial charge in [0.25, 0.3) is 0 Å². The fourth-order valence-corrected chi connectivity index (χ4v) is 16.7. The first-order chi connectivity index (χ1) is 26.3. The van der Waals surface area contributed by atoms with E-state index in [-0.39, 0.29) is 28.8 Å². The normalized spacial score (nSPS) is 14.9. The summed E-state index contributed by atoms with van der Waals surface area (Å²) in [6.45, 7) is 22.9. The first-order valence-corrected chi connectivity index (χ1v) is 27.4. The average Bonchev–Trinajstić information content (AvgIpc) is 3.60. The van der Waals surface area contributed by atoms with Gasteiger partial charge in [-0.1, -0.05) is 214 Å². The molecule has 1 heterocycles. The second-order valence-corrected chi connectivity index (χ2v) is 27.0. The predicted molar refractivity (Wildman–Crippen MR) is 245 cm³/mol. The second kappa shape index (κ2) is 21.1. The summed E-state index contributed by atoms with van der Waals surface area (Å²) in [5.41, 5.74) is 6.62. The predicted octanol–water partition coefficient (Wildman–Crippen LogP) is 11.4. The number of likely N-dealkylation sites (tertiary alicyclic amines) is 1. The Morgan fingerprint density at radius 1 is 0.714 bits per heavy atom. The molecular weight excluding hydrogens is 727 g/mol. The summed E-state index contributed by atoms with van der Waals surface area (Å²) < 4.78 is 4.82. The van der Waals surface area contributed by atoms with Crippen LogP contribution in [0, 0.1) is 6.92 Å². The van der Waals surface area contributed by atoms with Crippen molar-refractivity contribution < 1.29 is 5.11 Å². The van der Waals surface area contributed by atoms with Crippen molar-refractivity contribution >= 4 is 39.5 Å². The largest absolute Gasteiger partial charge is 2.00 e. The zero-order valence-electron chi connectivity index (χ0n) is 35.6. The number of hydrogen-bond donors (Lipinski definition) is 0. The summed E-state index contributed by atoms with van der Waals surface area (Å²) >= 11 is 0. The Bertz CT molecular complexity index is 1770. The van der Waals surface area contributed by atoms with Crippen LogP contribution in [-0.4, -0.2) is 75.0 Å². The van der Waals surface area contributed by atoms with Crippen molar-refractivity contribution in [3.63, 3.8) is 0 Å². The summed E-state index contributed by atoms with van der Waals surface area (Å²) in [6.07, 6.45) is 4.93. The first kappa shape index (κ1) is 45.7. The van der Waals surface area contributed by atoms with E-state index in [0.29, 0.717) is 12.6 Å². The molecule has 0 spiro atoms. The van der Waals surface area contributed by atoms with E-state index in [4.69, 9.17) is 4.65 Å². The van der Waals surface area contributed by atoms with Crippen LogP contribution in [0.15, 0.2) is 133 Å². The monoisotopic (exact) mass is 791 g/mol. The van der Waals surface area contributed by atoms with Gasteiger partial charge in [-0.25, -0.2) is 0 Å². The molecule has 0 amide bonds. The van der Waals surface area contributed by atoms with Gasteiger partial charge in [0.15, 0.2) is 0 Å². The van der Waals surface area contributed by atoms with Gasteiger partial charge in [-0.15, -0.1) is 0 Å². The molecule has 56 heavy (non-hydrogen) atoms. The van der Waals surface area contributed by atoms with E-state index in [1.54, 1.807) is 0 Å². The van der Waals surface area contributed by atoms with Crippen LogP contribution in [0.1, 0.15) is 71.6 Å². The Labute approximate surface area is 358 Å². The minimum Gasteiger partial charge on any atom is -0.872 e. The van der Waals surface area contributed by atoms with Crippen molar-refractivity contribution in [1.29, 1.82) is 0 Å². The van der Waals surface area contributed by atoms with Crippen LogP contribution >= 0.6 is 0 Å². The van der Waals surface area contributed by atoms with Crippen LogP contribution < -0.4 is 5.11 Å². The Kier molecular flexibility index (Phi) is 17.2. The maximum atomic E-state index is 15.1. The van der Waals surface area contributed by atoms with Gasteiger partial charge >= 0.3 is 23.1 Å². The second-order valence-electron chi connectivity index (χ2n) is 17.4. The van der Waals surface area contributed by atoms with Crippen LogP contribution in [0.25, 0.3) is 4.65 Å². The molecule has 0 unspecified atom stereocenters. The van der Waals surface area contributed by atoms with Crippen LogP contribution in [0.4, 0.5) is 0 Å². The maximum absolute atomic E-state index is 15.1. The van der Waals surface area contributed by atoms with E-state index in [1.165, 1.54) is 37.8 Å².